The van der Waals surface area contributed by atoms with Crippen molar-refractivity contribution in [3.63, 3.8) is 0 Å². The van der Waals surface area contributed by atoms with Crippen LogP contribution in [0.5, 0.6) is 17.2 Å². The van der Waals surface area contributed by atoms with Crippen LogP contribution >= 0.6 is 0 Å². The number of aliphatic carboxylic acids is 1. The molecule has 0 bridgehead atoms. The van der Waals surface area contributed by atoms with Gasteiger partial charge in [0, 0.05) is 6.08 Å². The van der Waals surface area contributed by atoms with Gasteiger partial charge >= 0.3 is 11.9 Å². The first kappa shape index (κ1) is 14.6. The van der Waals surface area contributed by atoms with E-state index in [2.05, 4.69) is 0 Å². The molecule has 0 spiro atoms. The Hall–Kier alpha value is -3.28. The summed E-state index contributed by atoms with van der Waals surface area (Å²) in [5, 5.41) is 8.57. The third-order valence-electron chi connectivity index (χ3n) is 3.12. The number of carbonyl (C=O) groups is 2. The third-order valence-corrected chi connectivity index (χ3v) is 3.12. The van der Waals surface area contributed by atoms with Crippen molar-refractivity contribution in [2.75, 3.05) is 6.79 Å². The molecule has 0 saturated carbocycles. The Labute approximate surface area is 131 Å². The Morgan fingerprint density at radius 2 is 1.78 bits per heavy atom. The summed E-state index contributed by atoms with van der Waals surface area (Å²) in [6.45, 7) is 0.138. The molecule has 0 aliphatic carbocycles. The van der Waals surface area contributed by atoms with Crippen molar-refractivity contribution in [2.24, 2.45) is 0 Å². The van der Waals surface area contributed by atoms with E-state index in [0.717, 1.165) is 6.08 Å². The Bertz CT molecular complexity index is 776. The molecule has 0 aromatic heterocycles. The summed E-state index contributed by atoms with van der Waals surface area (Å²) in [6, 6.07) is 11.3. The predicted molar refractivity (Wildman–Crippen MR) is 80.6 cm³/mol. The molecule has 6 nitrogen and oxygen atoms in total. The normalized spacial score (nSPS) is 12.3. The van der Waals surface area contributed by atoms with Gasteiger partial charge in [0.05, 0.1) is 5.56 Å². The minimum atomic E-state index is -1.02. The van der Waals surface area contributed by atoms with Crippen LogP contribution in [0.4, 0.5) is 0 Å². The van der Waals surface area contributed by atoms with E-state index in [4.69, 9.17) is 19.3 Å². The number of hydrogen-bond acceptors (Lipinski definition) is 5. The molecule has 0 unspecified atom stereocenters. The van der Waals surface area contributed by atoms with Crippen LogP contribution in [0.3, 0.4) is 0 Å². The summed E-state index contributed by atoms with van der Waals surface area (Å²) >= 11 is 0. The summed E-state index contributed by atoms with van der Waals surface area (Å²) in [7, 11) is 0. The zero-order valence-electron chi connectivity index (χ0n) is 11.9. The molecule has 0 atom stereocenters. The first-order valence-corrected chi connectivity index (χ1v) is 6.75. The topological polar surface area (TPSA) is 82.1 Å². The molecule has 2 aromatic rings. The molecule has 0 amide bonds. The highest BCUT2D eigenvalue weighted by atomic mass is 16.7. The van der Waals surface area contributed by atoms with E-state index in [1.54, 1.807) is 42.5 Å². The SMILES string of the molecule is O=C(O)/C=C/c1ccc(OC(=O)c2ccc3c(c2)OCO3)cc1. The van der Waals surface area contributed by atoms with E-state index in [-0.39, 0.29) is 6.79 Å². The van der Waals surface area contributed by atoms with Crippen molar-refractivity contribution < 1.29 is 28.9 Å². The van der Waals surface area contributed by atoms with Crippen LogP contribution in [0.25, 0.3) is 6.08 Å². The molecule has 116 valence electrons. The number of carbonyl (C=O) groups excluding carboxylic acids is 1. The quantitative estimate of drug-likeness (QED) is 0.531. The van der Waals surface area contributed by atoms with Crippen molar-refractivity contribution in [3.8, 4) is 17.2 Å². The van der Waals surface area contributed by atoms with E-state index in [0.29, 0.717) is 28.4 Å². The minimum absolute atomic E-state index is 0.138. The number of hydrogen-bond donors (Lipinski definition) is 1. The summed E-state index contributed by atoms with van der Waals surface area (Å²) in [4.78, 5) is 22.6. The Morgan fingerprint density at radius 1 is 1.04 bits per heavy atom. The van der Waals surface area contributed by atoms with Gasteiger partial charge in [0.25, 0.3) is 0 Å². The number of ether oxygens (including phenoxy) is 3. The highest BCUT2D eigenvalue weighted by Crippen LogP contribution is 2.32. The number of esters is 1. The molecule has 0 fully saturated rings. The first-order valence-electron chi connectivity index (χ1n) is 6.75. The van der Waals surface area contributed by atoms with E-state index in [9.17, 15) is 9.59 Å². The van der Waals surface area contributed by atoms with Crippen molar-refractivity contribution in [3.05, 3.63) is 59.7 Å². The van der Waals surface area contributed by atoms with E-state index < -0.39 is 11.9 Å². The summed E-state index contributed by atoms with van der Waals surface area (Å²) in [5.74, 6) is -0.0784. The lowest BCUT2D eigenvalue weighted by Crippen LogP contribution is -2.08. The van der Waals surface area contributed by atoms with Gasteiger partial charge in [-0.15, -0.1) is 0 Å². The average molecular weight is 312 g/mol. The number of carboxylic acids is 1. The van der Waals surface area contributed by atoms with Crippen LogP contribution in [0.15, 0.2) is 48.5 Å². The van der Waals surface area contributed by atoms with Crippen LogP contribution in [0, 0.1) is 0 Å². The highest BCUT2D eigenvalue weighted by molar-refractivity contribution is 5.92. The average Bonchev–Trinajstić information content (AvgIpc) is 3.01. The molecule has 2 aromatic carbocycles. The third kappa shape index (κ3) is 3.49. The van der Waals surface area contributed by atoms with E-state index in [1.165, 1.54) is 6.08 Å². The Balaban J connectivity index is 1.69. The Kier molecular flexibility index (Phi) is 3.97. The van der Waals surface area contributed by atoms with Gasteiger partial charge in [-0.2, -0.15) is 0 Å². The first-order chi connectivity index (χ1) is 11.1. The van der Waals surface area contributed by atoms with Gasteiger partial charge in [0.1, 0.15) is 5.75 Å². The van der Waals surface area contributed by atoms with Gasteiger partial charge in [0.2, 0.25) is 6.79 Å². The lowest BCUT2D eigenvalue weighted by atomic mass is 10.2. The molecular formula is C17H12O6. The minimum Gasteiger partial charge on any atom is -0.478 e. The smallest absolute Gasteiger partial charge is 0.343 e. The molecule has 1 heterocycles. The number of rotatable bonds is 4. The predicted octanol–water partition coefficient (Wildman–Crippen LogP) is 2.73. The zero-order valence-corrected chi connectivity index (χ0v) is 11.9. The monoisotopic (exact) mass is 312 g/mol. The maximum Gasteiger partial charge on any atom is 0.343 e. The van der Waals surface area contributed by atoms with Crippen LogP contribution in [0.2, 0.25) is 0 Å². The van der Waals surface area contributed by atoms with Crippen LogP contribution < -0.4 is 14.2 Å². The number of fused-ring (bicyclic) bond motifs is 1. The number of benzene rings is 2. The second kappa shape index (κ2) is 6.23. The maximum atomic E-state index is 12.1. The second-order valence-electron chi connectivity index (χ2n) is 4.70. The van der Waals surface area contributed by atoms with Gasteiger partial charge < -0.3 is 19.3 Å². The molecule has 0 radical (unpaired) electrons. The lowest BCUT2D eigenvalue weighted by Gasteiger charge is -2.05. The van der Waals surface area contributed by atoms with Crippen molar-refractivity contribution >= 4 is 18.0 Å². The summed E-state index contributed by atoms with van der Waals surface area (Å²) in [6.07, 6.45) is 2.49. The molecule has 1 aliphatic heterocycles. The Morgan fingerprint density at radius 3 is 2.52 bits per heavy atom. The fourth-order valence-electron chi connectivity index (χ4n) is 2.00. The van der Waals surface area contributed by atoms with E-state index in [1.807, 2.05) is 0 Å². The lowest BCUT2D eigenvalue weighted by molar-refractivity contribution is -0.131. The summed E-state index contributed by atoms with van der Waals surface area (Å²) < 4.78 is 15.7. The van der Waals surface area contributed by atoms with Gasteiger partial charge in [-0.3, -0.25) is 0 Å². The van der Waals surface area contributed by atoms with Crippen molar-refractivity contribution in [1.29, 1.82) is 0 Å². The molecular weight excluding hydrogens is 300 g/mol. The second-order valence-corrected chi connectivity index (χ2v) is 4.70. The van der Waals surface area contributed by atoms with Crippen LogP contribution in [0.1, 0.15) is 15.9 Å². The highest BCUT2D eigenvalue weighted by Gasteiger charge is 2.17. The zero-order chi connectivity index (χ0) is 16.2. The van der Waals surface area contributed by atoms with Crippen molar-refractivity contribution in [1.82, 2.24) is 0 Å². The summed E-state index contributed by atoms with van der Waals surface area (Å²) in [5.41, 5.74) is 1.04. The maximum absolute atomic E-state index is 12.1. The number of carboxylic acid groups (broad SMARTS) is 1. The molecule has 1 N–H and O–H groups in total. The van der Waals surface area contributed by atoms with Gasteiger partial charge in [-0.05, 0) is 42.0 Å². The van der Waals surface area contributed by atoms with E-state index >= 15 is 0 Å². The molecule has 6 heteroatoms. The largest absolute Gasteiger partial charge is 0.478 e. The van der Waals surface area contributed by atoms with Gasteiger partial charge in [-0.25, -0.2) is 9.59 Å². The van der Waals surface area contributed by atoms with Crippen molar-refractivity contribution in [2.45, 2.75) is 0 Å². The van der Waals surface area contributed by atoms with Crippen LogP contribution in [-0.2, 0) is 4.79 Å². The van der Waals surface area contributed by atoms with Gasteiger partial charge in [0.15, 0.2) is 11.5 Å². The molecule has 3 rings (SSSR count). The molecule has 1 aliphatic rings. The standard InChI is InChI=1S/C17H12O6/c18-16(19)8-3-11-1-5-13(6-2-11)23-17(20)12-4-7-14-15(9-12)22-10-21-14/h1-9H,10H2,(H,18,19)/b8-3+. The van der Waals surface area contributed by atoms with Gasteiger partial charge in [-0.1, -0.05) is 12.1 Å². The fraction of sp³-hybridized carbons (Fsp3) is 0.0588. The van der Waals surface area contributed by atoms with Crippen LogP contribution in [-0.4, -0.2) is 23.8 Å². The molecule has 0 saturated heterocycles. The fourth-order valence-corrected chi connectivity index (χ4v) is 2.00. The molecule has 23 heavy (non-hydrogen) atoms.